The van der Waals surface area contributed by atoms with Gasteiger partial charge in [-0.25, -0.2) is 4.98 Å². The molecule has 0 spiro atoms. The number of anilines is 1. The van der Waals surface area contributed by atoms with Crippen LogP contribution in [-0.2, 0) is 22.4 Å². The number of rotatable bonds is 7. The second-order valence-electron chi connectivity index (χ2n) is 6.36. The normalized spacial score (nSPS) is 19.7. The van der Waals surface area contributed by atoms with Gasteiger partial charge in [-0.15, -0.1) is 0 Å². The molecule has 0 saturated carbocycles. The summed E-state index contributed by atoms with van der Waals surface area (Å²) >= 11 is 0. The topological polar surface area (TPSA) is 82.5 Å². The Morgan fingerprint density at radius 2 is 2.30 bits per heavy atom. The number of amides is 1. The summed E-state index contributed by atoms with van der Waals surface area (Å²) in [5, 5.41) is 12.0. The van der Waals surface area contributed by atoms with Crippen molar-refractivity contribution in [2.45, 2.75) is 38.5 Å². The Morgan fingerprint density at radius 1 is 1.43 bits per heavy atom. The zero-order valence-corrected chi connectivity index (χ0v) is 13.3. The molecule has 0 radical (unpaired) electrons. The molecular formula is C17H23N3O3. The molecule has 2 N–H and O–H groups in total. The van der Waals surface area contributed by atoms with Crippen LogP contribution >= 0.6 is 0 Å². The lowest BCUT2D eigenvalue weighted by Crippen LogP contribution is -2.52. The van der Waals surface area contributed by atoms with Crippen LogP contribution in [0.5, 0.6) is 0 Å². The number of carbonyl (C=O) groups excluding carboxylic acids is 1. The smallest absolute Gasteiger partial charge is 0.305 e. The Morgan fingerprint density at radius 3 is 3.09 bits per heavy atom. The first-order valence-corrected chi connectivity index (χ1v) is 8.37. The summed E-state index contributed by atoms with van der Waals surface area (Å²) in [7, 11) is 0. The Kier molecular flexibility index (Phi) is 4.79. The van der Waals surface area contributed by atoms with E-state index in [1.807, 2.05) is 0 Å². The average molecular weight is 317 g/mol. The summed E-state index contributed by atoms with van der Waals surface area (Å²) < 4.78 is 0. The maximum Gasteiger partial charge on any atom is 0.305 e. The Bertz CT molecular complexity index is 603. The molecule has 124 valence electrons. The lowest BCUT2D eigenvalue weighted by molar-refractivity contribution is -0.149. The number of carbonyl (C=O) groups is 2. The molecule has 0 aliphatic carbocycles. The summed E-state index contributed by atoms with van der Waals surface area (Å²) in [5.41, 5.74) is 2.37. The second kappa shape index (κ2) is 6.98. The van der Waals surface area contributed by atoms with Crippen LogP contribution in [0.15, 0.2) is 12.1 Å². The number of β-lactam (4-membered cyclic amide) rings is 1. The number of nitrogens with one attached hydrogen (secondary N) is 1. The third kappa shape index (κ3) is 3.81. The van der Waals surface area contributed by atoms with Gasteiger partial charge in [0, 0.05) is 25.3 Å². The minimum absolute atomic E-state index is 0.0322. The van der Waals surface area contributed by atoms with Crippen molar-refractivity contribution in [1.29, 1.82) is 0 Å². The third-order valence-corrected chi connectivity index (χ3v) is 4.63. The zero-order chi connectivity index (χ0) is 16.2. The zero-order valence-electron chi connectivity index (χ0n) is 13.3. The van der Waals surface area contributed by atoms with Gasteiger partial charge >= 0.3 is 5.97 Å². The van der Waals surface area contributed by atoms with Gasteiger partial charge in [0.15, 0.2) is 0 Å². The fourth-order valence-electron chi connectivity index (χ4n) is 3.26. The number of nitrogens with zero attached hydrogens (tertiary/aromatic N) is 2. The predicted octanol–water partition coefficient (Wildman–Crippen LogP) is 1.70. The largest absolute Gasteiger partial charge is 0.481 e. The van der Waals surface area contributed by atoms with Gasteiger partial charge in [-0.1, -0.05) is 6.07 Å². The molecule has 1 saturated heterocycles. The lowest BCUT2D eigenvalue weighted by Gasteiger charge is -2.38. The van der Waals surface area contributed by atoms with Crippen molar-refractivity contribution in [3.05, 3.63) is 23.4 Å². The first-order valence-electron chi connectivity index (χ1n) is 8.37. The van der Waals surface area contributed by atoms with Crippen LogP contribution in [0, 0.1) is 5.92 Å². The van der Waals surface area contributed by atoms with Crippen LogP contribution in [0.3, 0.4) is 0 Å². The van der Waals surface area contributed by atoms with E-state index in [-0.39, 0.29) is 18.2 Å². The van der Waals surface area contributed by atoms with Crippen molar-refractivity contribution < 1.29 is 14.7 Å². The molecule has 0 bridgehead atoms. The number of carboxylic acids is 1. The van der Waals surface area contributed by atoms with Crippen molar-refractivity contribution in [1.82, 2.24) is 9.88 Å². The highest BCUT2D eigenvalue weighted by molar-refractivity contribution is 5.85. The van der Waals surface area contributed by atoms with Crippen LogP contribution in [0.25, 0.3) is 0 Å². The minimum Gasteiger partial charge on any atom is -0.481 e. The number of likely N-dealkylation sites (tertiary alicyclic amines) is 1. The van der Waals surface area contributed by atoms with Crippen molar-refractivity contribution in [3.63, 3.8) is 0 Å². The van der Waals surface area contributed by atoms with Crippen molar-refractivity contribution in [3.8, 4) is 0 Å². The fourth-order valence-corrected chi connectivity index (χ4v) is 3.26. The molecule has 6 nitrogen and oxygen atoms in total. The highest BCUT2D eigenvalue weighted by atomic mass is 16.4. The number of pyridine rings is 1. The van der Waals surface area contributed by atoms with E-state index in [1.165, 1.54) is 5.56 Å². The van der Waals surface area contributed by atoms with E-state index < -0.39 is 5.97 Å². The molecule has 1 aromatic heterocycles. The maximum absolute atomic E-state index is 11.9. The molecule has 23 heavy (non-hydrogen) atoms. The van der Waals surface area contributed by atoms with Gasteiger partial charge in [0.1, 0.15) is 5.82 Å². The highest BCUT2D eigenvalue weighted by Gasteiger charge is 2.35. The van der Waals surface area contributed by atoms with Crippen LogP contribution in [0.4, 0.5) is 5.82 Å². The molecule has 1 aromatic rings. The molecule has 3 rings (SSSR count). The summed E-state index contributed by atoms with van der Waals surface area (Å²) in [5.74, 6) is 0.340. The standard InChI is InChI=1S/C17H23N3O3/c21-15(22)8-10-20-11-13(17(20)23)3-1-5-14-7-6-12-4-2-9-18-16(12)19-14/h6-7,13H,1-5,8-11H2,(H,18,19)(H,21,22)/t13-/m0/s1. The van der Waals surface area contributed by atoms with Gasteiger partial charge < -0.3 is 15.3 Å². The fraction of sp³-hybridized carbons (Fsp3) is 0.588. The number of carboxylic acid groups (broad SMARTS) is 1. The molecule has 1 atom stereocenters. The van der Waals surface area contributed by atoms with Crippen molar-refractivity contribution in [2.24, 2.45) is 5.92 Å². The van der Waals surface area contributed by atoms with Crippen LogP contribution in [0.1, 0.15) is 36.9 Å². The quantitative estimate of drug-likeness (QED) is 0.748. The van der Waals surface area contributed by atoms with E-state index >= 15 is 0 Å². The van der Waals surface area contributed by atoms with Gasteiger partial charge in [0.25, 0.3) is 0 Å². The van der Waals surface area contributed by atoms with E-state index in [0.29, 0.717) is 13.1 Å². The van der Waals surface area contributed by atoms with Crippen LogP contribution in [0.2, 0.25) is 0 Å². The number of hydrogen-bond donors (Lipinski definition) is 2. The number of aliphatic carboxylic acids is 1. The van der Waals surface area contributed by atoms with Crippen LogP contribution < -0.4 is 5.32 Å². The molecular weight excluding hydrogens is 294 g/mol. The molecule has 2 aliphatic rings. The predicted molar refractivity (Wildman–Crippen MR) is 86.3 cm³/mol. The molecule has 1 amide bonds. The summed E-state index contributed by atoms with van der Waals surface area (Å²) in [6, 6.07) is 4.25. The molecule has 2 aliphatic heterocycles. The van der Waals surface area contributed by atoms with Crippen molar-refractivity contribution >= 4 is 17.7 Å². The van der Waals surface area contributed by atoms with Gasteiger partial charge in [0.2, 0.25) is 5.91 Å². The van der Waals surface area contributed by atoms with Gasteiger partial charge in [-0.2, -0.15) is 0 Å². The molecule has 6 heteroatoms. The van der Waals surface area contributed by atoms with E-state index in [2.05, 4.69) is 22.4 Å². The molecule has 1 fully saturated rings. The van der Waals surface area contributed by atoms with E-state index in [0.717, 1.165) is 50.2 Å². The number of hydrogen-bond acceptors (Lipinski definition) is 4. The SMILES string of the molecule is O=C(O)CCN1C[C@H](CCCc2ccc3c(n2)NCCC3)C1=O. The van der Waals surface area contributed by atoms with Gasteiger partial charge in [-0.3, -0.25) is 9.59 Å². The van der Waals surface area contributed by atoms with E-state index in [4.69, 9.17) is 5.11 Å². The number of aryl methyl sites for hydroxylation is 2. The number of aromatic nitrogens is 1. The summed E-state index contributed by atoms with van der Waals surface area (Å²) in [4.78, 5) is 28.7. The van der Waals surface area contributed by atoms with Crippen LogP contribution in [-0.4, -0.2) is 46.5 Å². The Balaban J connectivity index is 1.40. The minimum atomic E-state index is -0.853. The molecule has 0 unspecified atom stereocenters. The highest BCUT2D eigenvalue weighted by Crippen LogP contribution is 2.24. The lowest BCUT2D eigenvalue weighted by atomic mass is 9.92. The summed E-state index contributed by atoms with van der Waals surface area (Å²) in [6.45, 7) is 2.03. The Labute approximate surface area is 135 Å². The van der Waals surface area contributed by atoms with E-state index in [9.17, 15) is 9.59 Å². The van der Waals surface area contributed by atoms with Gasteiger partial charge in [-0.05, 0) is 43.7 Å². The van der Waals surface area contributed by atoms with Gasteiger partial charge in [0.05, 0.1) is 12.3 Å². The third-order valence-electron chi connectivity index (χ3n) is 4.63. The molecule has 3 heterocycles. The first-order chi connectivity index (χ1) is 11.1. The Hall–Kier alpha value is -2.11. The number of fused-ring (bicyclic) bond motifs is 1. The summed E-state index contributed by atoms with van der Waals surface area (Å²) in [6.07, 6.45) is 4.97. The average Bonchev–Trinajstić information content (AvgIpc) is 2.55. The monoisotopic (exact) mass is 317 g/mol. The van der Waals surface area contributed by atoms with Crippen molar-refractivity contribution in [2.75, 3.05) is 25.0 Å². The maximum atomic E-state index is 11.9. The first kappa shape index (κ1) is 15.8. The second-order valence-corrected chi connectivity index (χ2v) is 6.36. The van der Waals surface area contributed by atoms with E-state index in [1.54, 1.807) is 4.90 Å². The molecule has 0 aromatic carbocycles.